The molecular weight excluding hydrogens is 360 g/mol. The predicted molar refractivity (Wildman–Crippen MR) is 135 cm³/mol. The van der Waals surface area contributed by atoms with Gasteiger partial charge in [0.25, 0.3) is 0 Å². The summed E-state index contributed by atoms with van der Waals surface area (Å²) in [6.07, 6.45) is 4.00. The molecule has 0 bridgehead atoms. The second kappa shape index (κ2) is 13.0. The smallest absolute Gasteiger partial charge is 0.0172 e. The molecule has 0 heterocycles. The van der Waals surface area contributed by atoms with Gasteiger partial charge in [-0.25, -0.2) is 0 Å². The molecule has 4 aromatic carbocycles. The maximum atomic E-state index is 2.27. The van der Waals surface area contributed by atoms with E-state index in [1.807, 2.05) is 39.8 Å². The van der Waals surface area contributed by atoms with Crippen LogP contribution >= 0.6 is 0 Å². The molecule has 0 aliphatic carbocycles. The molecule has 0 aliphatic rings. The van der Waals surface area contributed by atoms with Crippen molar-refractivity contribution in [3.05, 3.63) is 121 Å². The van der Waals surface area contributed by atoms with Crippen molar-refractivity contribution in [1.82, 2.24) is 0 Å². The predicted octanol–water partition coefficient (Wildman–Crippen LogP) is 9.30. The third-order valence-corrected chi connectivity index (χ3v) is 4.59. The van der Waals surface area contributed by atoms with Crippen LogP contribution in [-0.2, 0) is 0 Å². The van der Waals surface area contributed by atoms with Crippen molar-refractivity contribution in [2.45, 2.75) is 27.7 Å². The highest BCUT2D eigenvalue weighted by Crippen LogP contribution is 2.32. The molecule has 0 aliphatic heterocycles. The molecule has 0 fully saturated rings. The van der Waals surface area contributed by atoms with Crippen LogP contribution in [0.5, 0.6) is 0 Å². The van der Waals surface area contributed by atoms with Gasteiger partial charge in [0.2, 0.25) is 0 Å². The molecule has 152 valence electrons. The molecule has 0 saturated heterocycles. The fourth-order valence-corrected chi connectivity index (χ4v) is 3.02. The summed E-state index contributed by atoms with van der Waals surface area (Å²) in [5, 5.41) is 0. The molecule has 0 N–H and O–H groups in total. The van der Waals surface area contributed by atoms with E-state index in [9.17, 15) is 0 Å². The fraction of sp³-hybridized carbons (Fsp3) is 0.133. The second-order valence-corrected chi connectivity index (χ2v) is 6.56. The summed E-state index contributed by atoms with van der Waals surface area (Å²) >= 11 is 0. The van der Waals surface area contributed by atoms with E-state index in [0.717, 1.165) is 0 Å². The highest BCUT2D eigenvalue weighted by molar-refractivity contribution is 5.81. The van der Waals surface area contributed by atoms with Crippen LogP contribution in [0.1, 0.15) is 27.7 Å². The van der Waals surface area contributed by atoms with Gasteiger partial charge in [0, 0.05) is 0 Å². The van der Waals surface area contributed by atoms with Crippen LogP contribution in [0.2, 0.25) is 0 Å². The average Bonchev–Trinajstić information content (AvgIpc) is 2.87. The first-order valence-electron chi connectivity index (χ1n) is 10.7. The van der Waals surface area contributed by atoms with E-state index >= 15 is 0 Å². The van der Waals surface area contributed by atoms with Crippen molar-refractivity contribution in [2.24, 2.45) is 0 Å². The lowest BCUT2D eigenvalue weighted by atomic mass is 9.93. The summed E-state index contributed by atoms with van der Waals surface area (Å²) in [7, 11) is 0. The number of rotatable bonds is 3. The Bertz CT molecular complexity index is 854. The Hall–Kier alpha value is -3.38. The Balaban J connectivity index is 0.000000481. The Morgan fingerprint density at radius 3 is 0.800 bits per heavy atom. The molecule has 0 saturated carbocycles. The van der Waals surface area contributed by atoms with Gasteiger partial charge in [-0.1, -0.05) is 117 Å². The molecule has 0 unspecified atom stereocenters. The standard InChI is InChI=1S/C24H18.C4H8.C2H6/c1-4-10-19(11-5-1)22-16-23(20-12-6-2-7-13-20)18-24(17-22)21-14-8-3-9-15-21;1-3-4-2;1-2/h1-18H;3-4H,1-2H3;1-2H3/b;4-3-;. The van der Waals surface area contributed by atoms with Crippen LogP contribution in [0.25, 0.3) is 33.4 Å². The van der Waals surface area contributed by atoms with Crippen molar-refractivity contribution < 1.29 is 0 Å². The van der Waals surface area contributed by atoms with Gasteiger partial charge in [0.1, 0.15) is 0 Å². The van der Waals surface area contributed by atoms with Gasteiger partial charge in [0.15, 0.2) is 0 Å². The Morgan fingerprint density at radius 1 is 0.367 bits per heavy atom. The van der Waals surface area contributed by atoms with Crippen LogP contribution in [0.15, 0.2) is 121 Å². The van der Waals surface area contributed by atoms with E-state index < -0.39 is 0 Å². The highest BCUT2D eigenvalue weighted by Gasteiger charge is 2.06. The fourth-order valence-electron chi connectivity index (χ4n) is 3.02. The molecule has 0 atom stereocenters. The third-order valence-electron chi connectivity index (χ3n) is 4.59. The molecule has 0 nitrogen and oxygen atoms in total. The van der Waals surface area contributed by atoms with Gasteiger partial charge in [-0.05, 0) is 65.4 Å². The Morgan fingerprint density at radius 2 is 0.600 bits per heavy atom. The number of hydrogen-bond donors (Lipinski definition) is 0. The zero-order valence-electron chi connectivity index (χ0n) is 18.5. The van der Waals surface area contributed by atoms with E-state index in [0.29, 0.717) is 0 Å². The summed E-state index contributed by atoms with van der Waals surface area (Å²) in [5.41, 5.74) is 7.47. The first-order chi connectivity index (χ1) is 14.8. The zero-order chi connectivity index (χ0) is 21.6. The minimum atomic E-state index is 1.24. The van der Waals surface area contributed by atoms with Gasteiger partial charge in [-0.15, -0.1) is 0 Å². The quantitative estimate of drug-likeness (QED) is 0.305. The molecular formula is C30H32. The zero-order valence-corrected chi connectivity index (χ0v) is 18.5. The van der Waals surface area contributed by atoms with Gasteiger partial charge in [-0.2, -0.15) is 0 Å². The van der Waals surface area contributed by atoms with E-state index in [1.165, 1.54) is 33.4 Å². The van der Waals surface area contributed by atoms with Crippen molar-refractivity contribution in [2.75, 3.05) is 0 Å². The monoisotopic (exact) mass is 392 g/mol. The summed E-state index contributed by atoms with van der Waals surface area (Å²) in [5.74, 6) is 0. The second-order valence-electron chi connectivity index (χ2n) is 6.56. The SMILES string of the molecule is C/C=C\C.CC.c1ccc(-c2cc(-c3ccccc3)cc(-c3ccccc3)c2)cc1. The van der Waals surface area contributed by atoms with Gasteiger partial charge in [0.05, 0.1) is 0 Å². The van der Waals surface area contributed by atoms with E-state index in [1.54, 1.807) is 0 Å². The van der Waals surface area contributed by atoms with Crippen molar-refractivity contribution in [3.8, 4) is 33.4 Å². The van der Waals surface area contributed by atoms with E-state index in [-0.39, 0.29) is 0 Å². The van der Waals surface area contributed by atoms with E-state index in [2.05, 4.69) is 109 Å². The van der Waals surface area contributed by atoms with E-state index in [4.69, 9.17) is 0 Å². The lowest BCUT2D eigenvalue weighted by Gasteiger charge is -2.11. The van der Waals surface area contributed by atoms with Crippen molar-refractivity contribution in [3.63, 3.8) is 0 Å². The first kappa shape index (κ1) is 22.9. The maximum absolute atomic E-state index is 2.27. The van der Waals surface area contributed by atoms with Crippen LogP contribution in [0, 0.1) is 0 Å². The molecule has 30 heavy (non-hydrogen) atoms. The molecule has 0 amide bonds. The van der Waals surface area contributed by atoms with Crippen molar-refractivity contribution in [1.29, 1.82) is 0 Å². The first-order valence-corrected chi connectivity index (χ1v) is 10.7. The minimum Gasteiger partial charge on any atom is -0.0919 e. The summed E-state index contributed by atoms with van der Waals surface area (Å²) in [6.45, 7) is 8.00. The number of allylic oxidation sites excluding steroid dienone is 2. The number of benzene rings is 4. The van der Waals surface area contributed by atoms with Crippen molar-refractivity contribution >= 4 is 0 Å². The van der Waals surface area contributed by atoms with Crippen LogP contribution in [0.4, 0.5) is 0 Å². The molecule has 4 aromatic rings. The third kappa shape index (κ3) is 6.60. The van der Waals surface area contributed by atoms with Gasteiger partial charge < -0.3 is 0 Å². The Kier molecular flexibility index (Phi) is 9.89. The average molecular weight is 393 g/mol. The summed E-state index contributed by atoms with van der Waals surface area (Å²) < 4.78 is 0. The largest absolute Gasteiger partial charge is 0.0919 e. The molecule has 0 heteroatoms. The normalized spacial score (nSPS) is 9.87. The van der Waals surface area contributed by atoms with Gasteiger partial charge >= 0.3 is 0 Å². The van der Waals surface area contributed by atoms with Crippen LogP contribution in [0.3, 0.4) is 0 Å². The van der Waals surface area contributed by atoms with Crippen LogP contribution in [-0.4, -0.2) is 0 Å². The Labute approximate surface area is 182 Å². The highest BCUT2D eigenvalue weighted by atomic mass is 14.1. The summed E-state index contributed by atoms with van der Waals surface area (Å²) in [4.78, 5) is 0. The molecule has 4 rings (SSSR count). The van der Waals surface area contributed by atoms with Crippen LogP contribution < -0.4 is 0 Å². The maximum Gasteiger partial charge on any atom is -0.0172 e. The van der Waals surface area contributed by atoms with Gasteiger partial charge in [-0.3, -0.25) is 0 Å². The minimum absolute atomic E-state index is 1.24. The number of hydrogen-bond acceptors (Lipinski definition) is 0. The topological polar surface area (TPSA) is 0 Å². The molecule has 0 spiro atoms. The summed E-state index contributed by atoms with van der Waals surface area (Å²) in [6, 6.07) is 38.5. The lowest BCUT2D eigenvalue weighted by Crippen LogP contribution is -1.85. The molecule has 0 radical (unpaired) electrons. The molecule has 0 aromatic heterocycles. The lowest BCUT2D eigenvalue weighted by molar-refractivity contribution is 1.50.